The Balaban J connectivity index is 1.17. The zero-order valence-electron chi connectivity index (χ0n) is 23.1. The molecule has 3 aliphatic heterocycles. The van der Waals surface area contributed by atoms with Gasteiger partial charge in [-0.3, -0.25) is 9.59 Å². The van der Waals surface area contributed by atoms with Gasteiger partial charge >= 0.3 is 6.03 Å². The highest BCUT2D eigenvalue weighted by atomic mass is 32.2. The van der Waals surface area contributed by atoms with Gasteiger partial charge < -0.3 is 20.0 Å². The number of likely N-dealkylation sites (tertiary alicyclic amines) is 1. The topological polar surface area (TPSA) is 73.0 Å². The van der Waals surface area contributed by atoms with E-state index in [1.165, 1.54) is 31.2 Å². The van der Waals surface area contributed by atoms with Gasteiger partial charge in [-0.1, -0.05) is 57.7 Å². The number of nitrogens with zero attached hydrogens (tertiary/aromatic N) is 3. The van der Waals surface area contributed by atoms with E-state index in [0.29, 0.717) is 32.0 Å². The van der Waals surface area contributed by atoms with Crippen molar-refractivity contribution in [2.24, 2.45) is 5.92 Å². The molecule has 1 aromatic carbocycles. The number of para-hydroxylation sites is 1. The maximum Gasteiger partial charge on any atom is 0.322 e. The second-order valence-corrected chi connectivity index (χ2v) is 13.6. The molecule has 208 valence electrons. The minimum atomic E-state index is -0.264. The first-order valence-corrected chi connectivity index (χ1v) is 15.7. The molecule has 0 bridgehead atoms. The molecule has 0 aromatic heterocycles. The third-order valence-electron chi connectivity index (χ3n) is 8.97. The number of hydrogen-bond acceptors (Lipinski definition) is 4. The van der Waals surface area contributed by atoms with Crippen LogP contribution in [0.4, 0.5) is 10.5 Å². The van der Waals surface area contributed by atoms with Crippen molar-refractivity contribution in [2.45, 2.75) is 101 Å². The van der Waals surface area contributed by atoms with Gasteiger partial charge in [-0.25, -0.2) is 4.79 Å². The zero-order valence-corrected chi connectivity index (χ0v) is 23.9. The van der Waals surface area contributed by atoms with E-state index in [2.05, 4.69) is 30.1 Å². The van der Waals surface area contributed by atoms with Crippen LogP contribution in [0.5, 0.6) is 0 Å². The Bertz CT molecular complexity index is 1010. The summed E-state index contributed by atoms with van der Waals surface area (Å²) in [5.74, 6) is 0.830. The molecule has 7 nitrogen and oxygen atoms in total. The molecule has 8 heteroatoms. The van der Waals surface area contributed by atoms with Crippen LogP contribution in [0.15, 0.2) is 24.3 Å². The van der Waals surface area contributed by atoms with E-state index < -0.39 is 0 Å². The monoisotopic (exact) mass is 540 g/mol. The van der Waals surface area contributed by atoms with Crippen LogP contribution in [0.3, 0.4) is 0 Å². The number of fused-ring (bicyclic) bond motifs is 1. The number of hydrogen-bond donors (Lipinski definition) is 1. The highest BCUT2D eigenvalue weighted by molar-refractivity contribution is 8.02. The summed E-state index contributed by atoms with van der Waals surface area (Å²) in [6, 6.07) is 8.10. The number of amides is 4. The largest absolute Gasteiger partial charge is 0.342 e. The van der Waals surface area contributed by atoms with E-state index in [0.717, 1.165) is 50.8 Å². The molecular formula is C30H44N4O3S. The van der Waals surface area contributed by atoms with E-state index in [-0.39, 0.29) is 34.0 Å². The number of carbonyl (C=O) groups excluding carboxylic acids is 3. The minimum Gasteiger partial charge on any atom is -0.342 e. The standard InChI is InChI=1S/C30H44N4O3S/c1-22(2)11-20-34-28(36)26(38-30(34)15-7-3-4-8-16-30)21-27(35)32-17-13-24(14-18-32)33-19-12-23-9-5-6-10-25(23)31-29(33)37/h5-6,9-10,22,24,26H,3-4,7-8,11-21H2,1-2H3,(H,31,37). The lowest BCUT2D eigenvalue weighted by Crippen LogP contribution is -2.50. The summed E-state index contributed by atoms with van der Waals surface area (Å²) in [6.07, 6.45) is 10.7. The van der Waals surface area contributed by atoms with E-state index in [1.807, 2.05) is 28.0 Å². The molecule has 1 atom stereocenters. The lowest BCUT2D eigenvalue weighted by Gasteiger charge is -2.38. The predicted octanol–water partition coefficient (Wildman–Crippen LogP) is 5.50. The molecule has 2 saturated heterocycles. The van der Waals surface area contributed by atoms with Crippen molar-refractivity contribution in [3.63, 3.8) is 0 Å². The Morgan fingerprint density at radius 2 is 1.76 bits per heavy atom. The van der Waals surface area contributed by atoms with E-state index in [4.69, 9.17) is 0 Å². The van der Waals surface area contributed by atoms with E-state index in [1.54, 1.807) is 11.8 Å². The van der Waals surface area contributed by atoms with Gasteiger partial charge in [-0.2, -0.15) is 0 Å². The number of anilines is 1. The number of piperidine rings is 1. The molecule has 3 heterocycles. The van der Waals surface area contributed by atoms with Crippen LogP contribution in [-0.2, 0) is 16.0 Å². The smallest absolute Gasteiger partial charge is 0.322 e. The van der Waals surface area contributed by atoms with Crippen molar-refractivity contribution in [2.75, 3.05) is 31.5 Å². The number of carbonyl (C=O) groups is 3. The summed E-state index contributed by atoms with van der Waals surface area (Å²) in [5, 5.41) is 2.81. The number of thioether (sulfide) groups is 1. The summed E-state index contributed by atoms with van der Waals surface area (Å²) in [6.45, 7) is 7.23. The third-order valence-corrected chi connectivity index (χ3v) is 10.7. The van der Waals surface area contributed by atoms with Gasteiger partial charge in [0.2, 0.25) is 11.8 Å². The molecule has 1 aliphatic carbocycles. The van der Waals surface area contributed by atoms with Crippen LogP contribution in [0, 0.1) is 5.92 Å². The van der Waals surface area contributed by atoms with Gasteiger partial charge in [0.05, 0.1) is 10.1 Å². The van der Waals surface area contributed by atoms with Gasteiger partial charge in [0, 0.05) is 44.3 Å². The van der Waals surface area contributed by atoms with Gasteiger partial charge in [0.25, 0.3) is 0 Å². The second-order valence-electron chi connectivity index (χ2n) is 12.0. The molecule has 1 spiro atoms. The molecule has 38 heavy (non-hydrogen) atoms. The average molecular weight is 541 g/mol. The maximum absolute atomic E-state index is 13.6. The quantitative estimate of drug-likeness (QED) is 0.517. The summed E-state index contributed by atoms with van der Waals surface area (Å²) < 4.78 is 0. The Morgan fingerprint density at radius 3 is 2.47 bits per heavy atom. The van der Waals surface area contributed by atoms with Crippen molar-refractivity contribution in [1.29, 1.82) is 0 Å². The fourth-order valence-electron chi connectivity index (χ4n) is 6.71. The van der Waals surface area contributed by atoms with E-state index in [9.17, 15) is 14.4 Å². The summed E-state index contributed by atoms with van der Waals surface area (Å²) in [7, 11) is 0. The first-order chi connectivity index (χ1) is 18.4. The van der Waals surface area contributed by atoms with Gasteiger partial charge in [-0.15, -0.1) is 11.8 Å². The van der Waals surface area contributed by atoms with Crippen LogP contribution in [0.2, 0.25) is 0 Å². The van der Waals surface area contributed by atoms with Crippen molar-refractivity contribution in [1.82, 2.24) is 14.7 Å². The van der Waals surface area contributed by atoms with Gasteiger partial charge in [0.15, 0.2) is 0 Å². The molecule has 1 aromatic rings. The number of rotatable bonds is 6. The second kappa shape index (κ2) is 11.9. The number of benzene rings is 1. The van der Waals surface area contributed by atoms with Crippen molar-refractivity contribution in [3.8, 4) is 0 Å². The fraction of sp³-hybridized carbons (Fsp3) is 0.700. The first-order valence-electron chi connectivity index (χ1n) is 14.8. The molecule has 0 radical (unpaired) electrons. The molecule has 5 rings (SSSR count). The van der Waals surface area contributed by atoms with Gasteiger partial charge in [-0.05, 0) is 56.1 Å². The summed E-state index contributed by atoms with van der Waals surface area (Å²) in [4.78, 5) is 45.9. The molecule has 1 unspecified atom stereocenters. The molecule has 1 saturated carbocycles. The molecule has 3 fully saturated rings. The Hall–Kier alpha value is -2.22. The minimum absolute atomic E-state index is 0.0390. The van der Waals surface area contributed by atoms with E-state index >= 15 is 0 Å². The highest BCUT2D eigenvalue weighted by Crippen LogP contribution is 2.50. The average Bonchev–Trinajstić information content (AvgIpc) is 3.08. The number of urea groups is 1. The molecule has 1 N–H and O–H groups in total. The van der Waals surface area contributed by atoms with Crippen LogP contribution >= 0.6 is 11.8 Å². The predicted molar refractivity (Wildman–Crippen MR) is 153 cm³/mol. The lowest BCUT2D eigenvalue weighted by molar-refractivity contribution is -0.138. The Morgan fingerprint density at radius 1 is 1.05 bits per heavy atom. The number of nitrogens with one attached hydrogen (secondary N) is 1. The summed E-state index contributed by atoms with van der Waals surface area (Å²) >= 11 is 1.80. The van der Waals surface area contributed by atoms with Crippen molar-refractivity contribution < 1.29 is 14.4 Å². The molecule has 4 aliphatic rings. The normalized spacial score (nSPS) is 24.4. The van der Waals surface area contributed by atoms with Gasteiger partial charge in [0.1, 0.15) is 0 Å². The van der Waals surface area contributed by atoms with Crippen molar-refractivity contribution in [3.05, 3.63) is 29.8 Å². The Labute approximate surface area is 232 Å². The third kappa shape index (κ3) is 5.85. The summed E-state index contributed by atoms with van der Waals surface area (Å²) in [5.41, 5.74) is 2.07. The molecule has 4 amide bonds. The van der Waals surface area contributed by atoms with Crippen LogP contribution in [-0.4, -0.2) is 74.9 Å². The highest BCUT2D eigenvalue weighted by Gasteiger charge is 2.51. The van der Waals surface area contributed by atoms with Crippen LogP contribution < -0.4 is 5.32 Å². The lowest BCUT2D eigenvalue weighted by atomic mass is 10.0. The van der Waals surface area contributed by atoms with Crippen LogP contribution in [0.1, 0.15) is 83.6 Å². The van der Waals surface area contributed by atoms with Crippen LogP contribution in [0.25, 0.3) is 0 Å². The van der Waals surface area contributed by atoms with Crippen molar-refractivity contribution >= 4 is 35.3 Å². The SMILES string of the molecule is CC(C)CCN1C(=O)C(CC(=O)N2CCC(N3CCc4ccccc4NC3=O)CC2)SC12CCCCCC2. The molecular weight excluding hydrogens is 496 g/mol. The Kier molecular flexibility index (Phi) is 8.56. The zero-order chi connectivity index (χ0) is 26.7. The first kappa shape index (κ1) is 27.4. The fourth-order valence-corrected chi connectivity index (χ4v) is 8.52. The maximum atomic E-state index is 13.6.